The van der Waals surface area contributed by atoms with Crippen LogP contribution in [0.25, 0.3) is 11.1 Å². The third-order valence-corrected chi connectivity index (χ3v) is 7.97. The first-order valence-corrected chi connectivity index (χ1v) is 11.6. The summed E-state index contributed by atoms with van der Waals surface area (Å²) < 4.78 is 24.2. The van der Waals surface area contributed by atoms with Gasteiger partial charge in [0.2, 0.25) is 0 Å². The zero-order chi connectivity index (χ0) is 19.7. The minimum Gasteiger partial charge on any atom is -0.228 e. The fraction of sp³-hybridized carbons (Fsp3) is 0.280. The van der Waals surface area contributed by atoms with Crippen LogP contribution in [0.4, 0.5) is 0 Å². The molecule has 0 aliphatic heterocycles. The molecule has 0 saturated carbocycles. The standard InChI is InChI=1S/C25H26O2S/c1-18(2)28(26,27)17-20-13-11-19(12-14-20)15-16-25-23-9-5-3-7-21(23)22-8-4-6-10-24(22)25/h3-14,18,25H,15-17H2,1-2H3. The van der Waals surface area contributed by atoms with Crippen molar-refractivity contribution in [2.24, 2.45) is 0 Å². The molecule has 0 heterocycles. The van der Waals surface area contributed by atoms with E-state index in [0.717, 1.165) is 18.4 Å². The minimum absolute atomic E-state index is 0.119. The van der Waals surface area contributed by atoms with Gasteiger partial charge in [-0.2, -0.15) is 0 Å². The maximum atomic E-state index is 12.1. The Balaban J connectivity index is 1.50. The summed E-state index contributed by atoms with van der Waals surface area (Å²) in [5.74, 6) is 0.544. The molecule has 0 bridgehead atoms. The summed E-state index contributed by atoms with van der Waals surface area (Å²) in [7, 11) is -3.06. The van der Waals surface area contributed by atoms with Gasteiger partial charge in [0.15, 0.2) is 9.84 Å². The van der Waals surface area contributed by atoms with Crippen LogP contribution in [0, 0.1) is 0 Å². The number of hydrogen-bond acceptors (Lipinski definition) is 2. The number of rotatable bonds is 6. The molecule has 0 atom stereocenters. The lowest BCUT2D eigenvalue weighted by Gasteiger charge is -2.14. The average molecular weight is 391 g/mol. The van der Waals surface area contributed by atoms with Gasteiger partial charge in [-0.3, -0.25) is 0 Å². The summed E-state index contributed by atoms with van der Waals surface area (Å²) in [6, 6.07) is 25.5. The molecule has 0 fully saturated rings. The molecule has 0 saturated heterocycles. The Morgan fingerprint density at radius 1 is 0.750 bits per heavy atom. The van der Waals surface area contributed by atoms with Crippen molar-refractivity contribution < 1.29 is 8.42 Å². The summed E-state index contributed by atoms with van der Waals surface area (Å²) in [5.41, 5.74) is 7.68. The van der Waals surface area contributed by atoms with Crippen LogP contribution in [0.5, 0.6) is 0 Å². The molecule has 0 N–H and O–H groups in total. The van der Waals surface area contributed by atoms with Crippen molar-refractivity contribution >= 4 is 9.84 Å². The predicted molar refractivity (Wildman–Crippen MR) is 116 cm³/mol. The van der Waals surface area contributed by atoms with Crippen molar-refractivity contribution in [3.05, 3.63) is 95.1 Å². The number of benzene rings is 3. The molecular formula is C25H26O2S. The lowest BCUT2D eigenvalue weighted by Crippen LogP contribution is -2.15. The first kappa shape index (κ1) is 18.9. The monoisotopic (exact) mass is 390 g/mol. The zero-order valence-corrected chi connectivity index (χ0v) is 17.2. The molecule has 28 heavy (non-hydrogen) atoms. The van der Waals surface area contributed by atoms with Crippen molar-refractivity contribution in [3.63, 3.8) is 0 Å². The number of sulfone groups is 1. The Morgan fingerprint density at radius 2 is 1.25 bits per heavy atom. The molecule has 1 aliphatic carbocycles. The van der Waals surface area contributed by atoms with Gasteiger partial charge in [-0.25, -0.2) is 8.42 Å². The largest absolute Gasteiger partial charge is 0.228 e. The molecule has 3 aromatic rings. The van der Waals surface area contributed by atoms with E-state index in [1.54, 1.807) is 13.8 Å². The second-order valence-corrected chi connectivity index (χ2v) is 10.5. The van der Waals surface area contributed by atoms with E-state index < -0.39 is 9.84 Å². The summed E-state index contributed by atoms with van der Waals surface area (Å²) in [4.78, 5) is 0. The molecule has 0 unspecified atom stereocenters. The fourth-order valence-electron chi connectivity index (χ4n) is 4.08. The Kier molecular flexibility index (Phi) is 5.11. The predicted octanol–water partition coefficient (Wildman–Crippen LogP) is 5.75. The highest BCUT2D eigenvalue weighted by Crippen LogP contribution is 2.46. The van der Waals surface area contributed by atoms with E-state index in [1.165, 1.54) is 27.8 Å². The normalized spacial score (nSPS) is 13.5. The molecule has 144 valence electrons. The average Bonchev–Trinajstić information content (AvgIpc) is 3.01. The van der Waals surface area contributed by atoms with E-state index in [-0.39, 0.29) is 11.0 Å². The van der Waals surface area contributed by atoms with Crippen LogP contribution in [0.1, 0.15) is 48.4 Å². The first-order valence-electron chi connectivity index (χ1n) is 9.93. The third-order valence-electron chi connectivity index (χ3n) is 5.79. The third kappa shape index (κ3) is 3.64. The molecule has 0 aromatic heterocycles. The molecule has 0 amide bonds. The zero-order valence-electron chi connectivity index (χ0n) is 16.4. The van der Waals surface area contributed by atoms with Gasteiger partial charge >= 0.3 is 0 Å². The van der Waals surface area contributed by atoms with Gasteiger partial charge in [0.25, 0.3) is 0 Å². The summed E-state index contributed by atoms with van der Waals surface area (Å²) in [5, 5.41) is -0.338. The Morgan fingerprint density at radius 3 is 1.79 bits per heavy atom. The first-order chi connectivity index (χ1) is 13.5. The number of hydrogen-bond donors (Lipinski definition) is 0. The van der Waals surface area contributed by atoms with Crippen LogP contribution < -0.4 is 0 Å². The van der Waals surface area contributed by atoms with Crippen LogP contribution >= 0.6 is 0 Å². The van der Waals surface area contributed by atoms with Crippen molar-refractivity contribution in [1.82, 2.24) is 0 Å². The van der Waals surface area contributed by atoms with Crippen LogP contribution in [0.3, 0.4) is 0 Å². The van der Waals surface area contributed by atoms with E-state index >= 15 is 0 Å². The molecule has 0 spiro atoms. The van der Waals surface area contributed by atoms with E-state index in [1.807, 2.05) is 12.1 Å². The van der Waals surface area contributed by atoms with Crippen molar-refractivity contribution in [3.8, 4) is 11.1 Å². The highest BCUT2D eigenvalue weighted by atomic mass is 32.2. The van der Waals surface area contributed by atoms with Crippen LogP contribution in [-0.4, -0.2) is 13.7 Å². The molecule has 4 rings (SSSR count). The smallest absolute Gasteiger partial charge is 0.156 e. The number of fused-ring (bicyclic) bond motifs is 3. The minimum atomic E-state index is -3.06. The van der Waals surface area contributed by atoms with Gasteiger partial charge in [-0.05, 0) is 60.1 Å². The maximum absolute atomic E-state index is 12.1. The number of aryl methyl sites for hydroxylation is 1. The molecule has 2 nitrogen and oxygen atoms in total. The van der Waals surface area contributed by atoms with Crippen molar-refractivity contribution in [1.29, 1.82) is 0 Å². The van der Waals surface area contributed by atoms with Crippen molar-refractivity contribution in [2.75, 3.05) is 0 Å². The van der Waals surface area contributed by atoms with Gasteiger partial charge in [0.1, 0.15) is 0 Å². The van der Waals surface area contributed by atoms with Gasteiger partial charge in [-0.1, -0.05) is 72.8 Å². The van der Waals surface area contributed by atoms with Crippen LogP contribution in [0.15, 0.2) is 72.8 Å². The summed E-state index contributed by atoms with van der Waals surface area (Å²) >= 11 is 0. The van der Waals surface area contributed by atoms with Crippen LogP contribution in [0.2, 0.25) is 0 Å². The second-order valence-electron chi connectivity index (χ2n) is 7.94. The van der Waals surface area contributed by atoms with E-state index in [4.69, 9.17) is 0 Å². The van der Waals surface area contributed by atoms with Gasteiger partial charge in [-0.15, -0.1) is 0 Å². The Hall–Kier alpha value is -2.39. The van der Waals surface area contributed by atoms with E-state index in [9.17, 15) is 8.42 Å². The second kappa shape index (κ2) is 7.56. The molecule has 3 aromatic carbocycles. The molecular weight excluding hydrogens is 364 g/mol. The van der Waals surface area contributed by atoms with Gasteiger partial charge in [0, 0.05) is 5.92 Å². The van der Waals surface area contributed by atoms with Gasteiger partial charge in [0.05, 0.1) is 11.0 Å². The Labute approximate surface area is 168 Å². The summed E-state index contributed by atoms with van der Waals surface area (Å²) in [6.07, 6.45) is 2.03. The molecule has 1 aliphatic rings. The highest BCUT2D eigenvalue weighted by Gasteiger charge is 2.27. The van der Waals surface area contributed by atoms with E-state index in [2.05, 4.69) is 60.7 Å². The van der Waals surface area contributed by atoms with Crippen LogP contribution in [-0.2, 0) is 22.0 Å². The lowest BCUT2D eigenvalue weighted by atomic mass is 9.90. The van der Waals surface area contributed by atoms with Gasteiger partial charge < -0.3 is 0 Å². The summed E-state index contributed by atoms with van der Waals surface area (Å²) in [6.45, 7) is 3.47. The highest BCUT2D eigenvalue weighted by molar-refractivity contribution is 7.91. The lowest BCUT2D eigenvalue weighted by molar-refractivity contribution is 0.586. The SMILES string of the molecule is CC(C)S(=O)(=O)Cc1ccc(CCC2c3ccccc3-c3ccccc32)cc1. The van der Waals surface area contributed by atoms with E-state index in [0.29, 0.717) is 5.92 Å². The molecule has 0 radical (unpaired) electrons. The topological polar surface area (TPSA) is 34.1 Å². The van der Waals surface area contributed by atoms with Crippen molar-refractivity contribution in [2.45, 2.75) is 43.6 Å². The Bertz CT molecular complexity index is 1030. The maximum Gasteiger partial charge on any atom is 0.156 e. The molecule has 3 heteroatoms. The fourth-order valence-corrected chi connectivity index (χ4v) is 5.07. The quantitative estimate of drug-likeness (QED) is 0.537.